The van der Waals surface area contributed by atoms with Crippen molar-refractivity contribution in [3.8, 4) is 10.7 Å². The molecule has 0 aliphatic heterocycles. The molecule has 0 radical (unpaired) electrons. The zero-order valence-electron chi connectivity index (χ0n) is 15.5. The van der Waals surface area contributed by atoms with Crippen LogP contribution in [-0.2, 0) is 18.9 Å². The summed E-state index contributed by atoms with van der Waals surface area (Å²) in [5.74, 6) is -1.71. The highest BCUT2D eigenvalue weighted by molar-refractivity contribution is 7.15. The lowest BCUT2D eigenvalue weighted by atomic mass is 10.2. The van der Waals surface area contributed by atoms with E-state index in [1.165, 1.54) is 35.6 Å². The van der Waals surface area contributed by atoms with Crippen molar-refractivity contribution in [3.05, 3.63) is 59.7 Å². The molecule has 0 saturated carbocycles. The van der Waals surface area contributed by atoms with Gasteiger partial charge < -0.3 is 9.42 Å². The molecule has 0 bridgehead atoms. The number of nitrogens with zero attached hydrogens (tertiary/aromatic N) is 7. The van der Waals surface area contributed by atoms with E-state index in [9.17, 15) is 26.3 Å². The predicted molar refractivity (Wildman–Crippen MR) is 97.5 cm³/mol. The molecule has 8 nitrogen and oxygen atoms in total. The van der Waals surface area contributed by atoms with Crippen LogP contribution in [0.15, 0.2) is 47.8 Å². The second kappa shape index (κ2) is 8.14. The lowest BCUT2D eigenvalue weighted by molar-refractivity contribution is -0.159. The van der Waals surface area contributed by atoms with E-state index in [2.05, 4.69) is 34.6 Å². The normalized spacial score (nSPS) is 12.2. The van der Waals surface area contributed by atoms with Gasteiger partial charge in [0.15, 0.2) is 11.5 Å². The van der Waals surface area contributed by atoms with Crippen LogP contribution in [-0.4, -0.2) is 30.1 Å². The topological polar surface area (TPSA) is 93.7 Å². The van der Waals surface area contributed by atoms with E-state index < -0.39 is 23.9 Å². The number of hydrogen-bond acceptors (Lipinski definition) is 9. The third-order valence-corrected chi connectivity index (χ3v) is 5.01. The van der Waals surface area contributed by atoms with Gasteiger partial charge >= 0.3 is 18.2 Å². The van der Waals surface area contributed by atoms with Gasteiger partial charge in [-0.05, 0) is 12.1 Å². The third kappa shape index (κ3) is 4.51. The second-order valence-corrected chi connectivity index (χ2v) is 7.26. The van der Waals surface area contributed by atoms with Gasteiger partial charge in [-0.1, -0.05) is 5.16 Å². The SMILES string of the molecule is FC(F)(F)c1nc(-c2ccc(CN(c3cnccn3)c3cncnc3C(F)(F)F)s2)no1. The minimum atomic E-state index is -4.80. The molecule has 4 aromatic rings. The fourth-order valence-electron chi connectivity index (χ4n) is 2.64. The van der Waals surface area contributed by atoms with Crippen molar-refractivity contribution in [2.75, 3.05) is 4.90 Å². The van der Waals surface area contributed by atoms with Gasteiger partial charge in [-0.3, -0.25) is 4.98 Å². The first-order valence-electron chi connectivity index (χ1n) is 8.53. The average molecular weight is 473 g/mol. The molecule has 0 spiro atoms. The van der Waals surface area contributed by atoms with Gasteiger partial charge in [-0.25, -0.2) is 15.0 Å². The van der Waals surface area contributed by atoms with E-state index in [-0.39, 0.29) is 28.8 Å². The summed E-state index contributed by atoms with van der Waals surface area (Å²) in [4.78, 5) is 20.2. The zero-order valence-corrected chi connectivity index (χ0v) is 16.3. The van der Waals surface area contributed by atoms with E-state index in [4.69, 9.17) is 0 Å². The summed E-state index contributed by atoms with van der Waals surface area (Å²) < 4.78 is 82.8. The molecule has 166 valence electrons. The molecule has 0 amide bonds. The Bertz CT molecular complexity index is 1210. The predicted octanol–water partition coefficient (Wildman–Crippen LogP) is 4.75. The van der Waals surface area contributed by atoms with E-state index >= 15 is 0 Å². The van der Waals surface area contributed by atoms with Crippen LogP contribution in [0.25, 0.3) is 10.7 Å². The molecule has 0 N–H and O–H groups in total. The van der Waals surface area contributed by atoms with Crippen molar-refractivity contribution in [2.45, 2.75) is 18.9 Å². The fourth-order valence-corrected chi connectivity index (χ4v) is 3.56. The number of hydrogen-bond donors (Lipinski definition) is 0. The van der Waals surface area contributed by atoms with Gasteiger partial charge in [0.1, 0.15) is 6.33 Å². The van der Waals surface area contributed by atoms with Crippen LogP contribution >= 0.6 is 11.3 Å². The molecule has 0 aromatic carbocycles. The number of anilines is 2. The van der Waals surface area contributed by atoms with Gasteiger partial charge in [-0.15, -0.1) is 11.3 Å². The first-order chi connectivity index (χ1) is 15.1. The molecule has 0 atom stereocenters. The molecular formula is C17H9F6N7OS. The molecule has 15 heteroatoms. The standard InChI is InChI=1S/C17H9F6N7OS/c18-16(19,20)13-10(5-25-8-27-13)30(12-6-24-3-4-26-12)7-9-1-2-11(32-9)14-28-15(31-29-14)17(21,22)23/h1-6,8H,7H2. The van der Waals surface area contributed by atoms with Crippen LogP contribution in [0.2, 0.25) is 0 Å². The Kier molecular flexibility index (Phi) is 5.50. The maximum absolute atomic E-state index is 13.5. The summed E-state index contributed by atoms with van der Waals surface area (Å²) in [5.41, 5.74) is -1.54. The van der Waals surface area contributed by atoms with Gasteiger partial charge in [0.05, 0.1) is 29.5 Å². The summed E-state index contributed by atoms with van der Waals surface area (Å²) in [6.45, 7) is -0.135. The molecule has 0 fully saturated rings. The van der Waals surface area contributed by atoms with E-state index in [1.54, 1.807) is 0 Å². The van der Waals surface area contributed by atoms with Crippen LogP contribution in [0.3, 0.4) is 0 Å². The monoisotopic (exact) mass is 473 g/mol. The van der Waals surface area contributed by atoms with Gasteiger partial charge in [0, 0.05) is 17.3 Å². The average Bonchev–Trinajstić information content (AvgIpc) is 3.41. The lowest BCUT2D eigenvalue weighted by Gasteiger charge is -2.24. The third-order valence-electron chi connectivity index (χ3n) is 3.94. The molecule has 4 heterocycles. The molecule has 4 rings (SSSR count). The summed E-state index contributed by atoms with van der Waals surface area (Å²) >= 11 is 0.977. The minimum Gasteiger partial charge on any atom is -0.329 e. The van der Waals surface area contributed by atoms with E-state index in [1.807, 2.05) is 0 Å². The Morgan fingerprint density at radius 1 is 0.938 bits per heavy atom. The molecular weight excluding hydrogens is 464 g/mol. The van der Waals surface area contributed by atoms with Crippen molar-refractivity contribution >= 4 is 22.8 Å². The van der Waals surface area contributed by atoms with Crippen LogP contribution in [0.5, 0.6) is 0 Å². The Morgan fingerprint density at radius 3 is 2.41 bits per heavy atom. The minimum absolute atomic E-state index is 0.0849. The largest absolute Gasteiger partial charge is 0.471 e. The van der Waals surface area contributed by atoms with Gasteiger partial charge in [0.2, 0.25) is 5.82 Å². The Hall–Kier alpha value is -3.62. The highest BCUT2D eigenvalue weighted by atomic mass is 32.1. The molecule has 0 unspecified atom stereocenters. The van der Waals surface area contributed by atoms with Crippen LogP contribution in [0, 0.1) is 0 Å². The van der Waals surface area contributed by atoms with Crippen molar-refractivity contribution in [2.24, 2.45) is 0 Å². The molecule has 4 aromatic heterocycles. The molecule has 0 saturated heterocycles. The van der Waals surface area contributed by atoms with Crippen LogP contribution in [0.1, 0.15) is 16.5 Å². The number of halogens is 6. The smallest absolute Gasteiger partial charge is 0.329 e. The molecule has 0 aliphatic carbocycles. The molecule has 32 heavy (non-hydrogen) atoms. The highest BCUT2D eigenvalue weighted by Crippen LogP contribution is 2.38. The Morgan fingerprint density at radius 2 is 1.75 bits per heavy atom. The summed E-state index contributed by atoms with van der Waals surface area (Å²) in [6.07, 6.45) is -3.88. The Balaban J connectivity index is 1.70. The van der Waals surface area contributed by atoms with Gasteiger partial charge in [0.25, 0.3) is 0 Å². The van der Waals surface area contributed by atoms with E-state index in [0.29, 0.717) is 4.88 Å². The van der Waals surface area contributed by atoms with Crippen molar-refractivity contribution in [3.63, 3.8) is 0 Å². The first-order valence-corrected chi connectivity index (χ1v) is 9.35. The van der Waals surface area contributed by atoms with Crippen molar-refractivity contribution in [1.29, 1.82) is 0 Å². The van der Waals surface area contributed by atoms with Crippen molar-refractivity contribution < 1.29 is 30.9 Å². The number of thiophene rings is 1. The van der Waals surface area contributed by atoms with Gasteiger partial charge in [-0.2, -0.15) is 31.3 Å². The summed E-state index contributed by atoms with van der Waals surface area (Å²) in [5, 5.41) is 3.31. The maximum Gasteiger partial charge on any atom is 0.471 e. The summed E-state index contributed by atoms with van der Waals surface area (Å²) in [6, 6.07) is 2.95. The maximum atomic E-state index is 13.5. The summed E-state index contributed by atoms with van der Waals surface area (Å²) in [7, 11) is 0. The Labute approximate surface area is 178 Å². The quantitative estimate of drug-likeness (QED) is 0.383. The molecule has 0 aliphatic rings. The number of aromatic nitrogens is 6. The second-order valence-electron chi connectivity index (χ2n) is 6.09. The number of rotatable bonds is 5. The van der Waals surface area contributed by atoms with Crippen LogP contribution < -0.4 is 4.90 Å². The highest BCUT2D eigenvalue weighted by Gasteiger charge is 2.39. The number of alkyl halides is 6. The van der Waals surface area contributed by atoms with Crippen molar-refractivity contribution in [1.82, 2.24) is 30.1 Å². The lowest BCUT2D eigenvalue weighted by Crippen LogP contribution is -2.22. The first kappa shape index (κ1) is 21.6. The van der Waals surface area contributed by atoms with E-state index in [0.717, 1.165) is 23.9 Å². The fraction of sp³-hybridized carbons (Fsp3) is 0.176. The zero-order chi connectivity index (χ0) is 22.9. The van der Waals surface area contributed by atoms with Crippen LogP contribution in [0.4, 0.5) is 37.8 Å².